The quantitative estimate of drug-likeness (QED) is 0.0345. The second-order valence-corrected chi connectivity index (χ2v) is 21.2. The van der Waals surface area contributed by atoms with Gasteiger partial charge in [0.15, 0.2) is 0 Å². The van der Waals surface area contributed by atoms with Crippen LogP contribution in [0.1, 0.15) is 338 Å². The first-order chi connectivity index (χ1) is 31.6. The standard InChI is InChI=1S/C32H62O3.C28H56O2/c1-5-7-9-11-13-15-17-19-21-23-29(3)27-31(25-26-33)35-32(34)28-30(4)24-22-20-18-16-14-12-10-8-6-2;1-5-7-9-11-13-15-17-19-21-23-26(3)25-28(29)30-27(4)24-22-20-18-16-14-12-10-8-6-2/h26,29-31H,5-25,27-28H2,1-4H3;26-27H,5-25H2,1-4H3. The van der Waals surface area contributed by atoms with Crippen molar-refractivity contribution in [2.45, 2.75) is 350 Å². The molecule has 0 rings (SSSR count). The van der Waals surface area contributed by atoms with Gasteiger partial charge in [0, 0.05) is 19.3 Å². The van der Waals surface area contributed by atoms with E-state index in [2.05, 4.69) is 55.4 Å². The van der Waals surface area contributed by atoms with Gasteiger partial charge in [-0.05, 0) is 43.9 Å². The number of esters is 2. The molecule has 0 fully saturated rings. The molecule has 0 aliphatic heterocycles. The van der Waals surface area contributed by atoms with E-state index in [4.69, 9.17) is 9.47 Å². The van der Waals surface area contributed by atoms with Gasteiger partial charge in [-0.2, -0.15) is 0 Å². The van der Waals surface area contributed by atoms with Crippen molar-refractivity contribution in [3.05, 3.63) is 0 Å². The van der Waals surface area contributed by atoms with Crippen LogP contribution in [-0.2, 0) is 23.9 Å². The lowest BCUT2D eigenvalue weighted by Gasteiger charge is -2.21. The number of unbranched alkanes of at least 4 members (excludes halogenated alkanes) is 32. The van der Waals surface area contributed by atoms with Gasteiger partial charge in [0.2, 0.25) is 0 Å². The summed E-state index contributed by atoms with van der Waals surface area (Å²) in [5.74, 6) is 1.22. The smallest absolute Gasteiger partial charge is 0.306 e. The van der Waals surface area contributed by atoms with Crippen LogP contribution in [-0.4, -0.2) is 30.4 Å². The molecule has 0 spiro atoms. The lowest BCUT2D eigenvalue weighted by molar-refractivity contribution is -0.152. The van der Waals surface area contributed by atoms with Crippen molar-refractivity contribution < 1.29 is 23.9 Å². The summed E-state index contributed by atoms with van der Waals surface area (Å²) in [6, 6.07) is 0. The van der Waals surface area contributed by atoms with Gasteiger partial charge in [-0.3, -0.25) is 9.59 Å². The molecule has 0 bridgehead atoms. The Morgan fingerprint density at radius 1 is 0.354 bits per heavy atom. The minimum absolute atomic E-state index is 0.0156. The average Bonchev–Trinajstić information content (AvgIpc) is 3.27. The van der Waals surface area contributed by atoms with E-state index in [0.29, 0.717) is 37.0 Å². The molecule has 0 aromatic rings. The Morgan fingerprint density at radius 3 is 0.923 bits per heavy atom. The van der Waals surface area contributed by atoms with Gasteiger partial charge in [0.05, 0.1) is 6.10 Å². The number of hydrogen-bond acceptors (Lipinski definition) is 5. The molecule has 0 radical (unpaired) electrons. The SMILES string of the molecule is CCCCCCCCCCCC(C)CC(=O)OC(C)CCCCCCCCCCC.CCCCCCCCCCCC(C)CC(=O)OC(CC=O)CC(C)CCCCCCCCCCC. The van der Waals surface area contributed by atoms with Gasteiger partial charge in [-0.25, -0.2) is 0 Å². The van der Waals surface area contributed by atoms with E-state index in [1.54, 1.807) is 0 Å². The molecular formula is C60H118O5. The van der Waals surface area contributed by atoms with Crippen LogP contribution in [0.25, 0.3) is 0 Å². The number of rotatable bonds is 50. The maximum atomic E-state index is 12.5. The average molecular weight is 920 g/mol. The molecule has 5 nitrogen and oxygen atoms in total. The molecule has 5 atom stereocenters. The lowest BCUT2D eigenvalue weighted by atomic mass is 9.95. The Morgan fingerprint density at radius 2 is 0.615 bits per heavy atom. The highest BCUT2D eigenvalue weighted by Gasteiger charge is 2.19. The van der Waals surface area contributed by atoms with E-state index >= 15 is 0 Å². The van der Waals surface area contributed by atoms with Crippen LogP contribution in [0.3, 0.4) is 0 Å². The highest BCUT2D eigenvalue weighted by molar-refractivity contribution is 5.70. The van der Waals surface area contributed by atoms with Crippen molar-refractivity contribution in [3.63, 3.8) is 0 Å². The fraction of sp³-hybridized carbons (Fsp3) is 0.950. The third-order valence-corrected chi connectivity index (χ3v) is 13.8. The first-order valence-electron chi connectivity index (χ1n) is 29.5. The minimum atomic E-state index is -0.242. The van der Waals surface area contributed by atoms with Gasteiger partial charge < -0.3 is 14.3 Å². The second kappa shape index (κ2) is 53.6. The normalized spacial score (nSPS) is 13.7. The lowest BCUT2D eigenvalue weighted by Crippen LogP contribution is -2.22. The molecule has 0 aromatic carbocycles. The molecule has 388 valence electrons. The van der Waals surface area contributed by atoms with E-state index in [1.165, 1.54) is 231 Å². The fourth-order valence-corrected chi connectivity index (χ4v) is 9.36. The van der Waals surface area contributed by atoms with Crippen molar-refractivity contribution >= 4 is 18.2 Å². The van der Waals surface area contributed by atoms with Crippen LogP contribution in [0.4, 0.5) is 0 Å². The molecule has 0 amide bonds. The first-order valence-corrected chi connectivity index (χ1v) is 29.5. The number of ether oxygens (including phenoxy) is 2. The number of hydrogen-bond donors (Lipinski definition) is 0. The molecule has 5 heteroatoms. The van der Waals surface area contributed by atoms with Crippen LogP contribution in [0.2, 0.25) is 0 Å². The first kappa shape index (κ1) is 65.7. The summed E-state index contributed by atoms with van der Waals surface area (Å²) in [6.45, 7) is 17.7. The molecule has 0 saturated carbocycles. The molecule has 0 N–H and O–H groups in total. The fourth-order valence-electron chi connectivity index (χ4n) is 9.36. The summed E-state index contributed by atoms with van der Waals surface area (Å²) >= 11 is 0. The predicted octanol–water partition coefficient (Wildman–Crippen LogP) is 20.2. The molecule has 0 heterocycles. The van der Waals surface area contributed by atoms with Crippen LogP contribution in [0, 0.1) is 17.8 Å². The molecule has 0 aromatic heterocycles. The maximum Gasteiger partial charge on any atom is 0.306 e. The zero-order chi connectivity index (χ0) is 48.3. The highest BCUT2D eigenvalue weighted by atomic mass is 16.5. The summed E-state index contributed by atoms with van der Waals surface area (Å²) in [5, 5.41) is 0. The van der Waals surface area contributed by atoms with Crippen molar-refractivity contribution in [2.75, 3.05) is 0 Å². The van der Waals surface area contributed by atoms with E-state index in [0.717, 1.165) is 38.4 Å². The Labute approximate surface area is 408 Å². The van der Waals surface area contributed by atoms with E-state index in [-0.39, 0.29) is 24.1 Å². The topological polar surface area (TPSA) is 69.7 Å². The van der Waals surface area contributed by atoms with E-state index < -0.39 is 0 Å². The Hall–Kier alpha value is -1.39. The number of carbonyl (C=O) groups is 3. The Bertz CT molecular complexity index is 933. The monoisotopic (exact) mass is 919 g/mol. The largest absolute Gasteiger partial charge is 0.463 e. The molecule has 65 heavy (non-hydrogen) atoms. The van der Waals surface area contributed by atoms with Crippen LogP contribution in [0.15, 0.2) is 0 Å². The Balaban J connectivity index is 0. The van der Waals surface area contributed by atoms with Crippen molar-refractivity contribution in [1.82, 2.24) is 0 Å². The third-order valence-electron chi connectivity index (χ3n) is 13.8. The van der Waals surface area contributed by atoms with E-state index in [1.807, 2.05) is 0 Å². The molecule has 5 unspecified atom stereocenters. The van der Waals surface area contributed by atoms with Crippen LogP contribution in [0.5, 0.6) is 0 Å². The second-order valence-electron chi connectivity index (χ2n) is 21.2. The number of aldehydes is 1. The predicted molar refractivity (Wildman–Crippen MR) is 285 cm³/mol. The van der Waals surface area contributed by atoms with Crippen molar-refractivity contribution in [3.8, 4) is 0 Å². The van der Waals surface area contributed by atoms with Gasteiger partial charge >= 0.3 is 11.9 Å². The number of carbonyl (C=O) groups excluding carboxylic acids is 3. The van der Waals surface area contributed by atoms with Gasteiger partial charge in [-0.1, -0.05) is 292 Å². The molecule has 0 saturated heterocycles. The highest BCUT2D eigenvalue weighted by Crippen LogP contribution is 2.22. The van der Waals surface area contributed by atoms with E-state index in [9.17, 15) is 14.4 Å². The van der Waals surface area contributed by atoms with Gasteiger partial charge in [0.1, 0.15) is 12.4 Å². The Kier molecular flexibility index (Phi) is 54.1. The van der Waals surface area contributed by atoms with Gasteiger partial charge in [-0.15, -0.1) is 0 Å². The summed E-state index contributed by atoms with van der Waals surface area (Å²) in [4.78, 5) is 35.8. The summed E-state index contributed by atoms with van der Waals surface area (Å²) < 4.78 is 11.4. The van der Waals surface area contributed by atoms with Crippen LogP contribution < -0.4 is 0 Å². The van der Waals surface area contributed by atoms with Crippen molar-refractivity contribution in [2.24, 2.45) is 17.8 Å². The summed E-state index contributed by atoms with van der Waals surface area (Å²) in [7, 11) is 0. The van der Waals surface area contributed by atoms with Crippen LogP contribution >= 0.6 is 0 Å². The molecular weight excluding hydrogens is 801 g/mol. The zero-order valence-corrected chi connectivity index (χ0v) is 45.6. The minimum Gasteiger partial charge on any atom is -0.463 e. The summed E-state index contributed by atoms with van der Waals surface area (Å²) in [5.41, 5.74) is 0. The molecule has 0 aliphatic carbocycles. The maximum absolute atomic E-state index is 12.5. The van der Waals surface area contributed by atoms with Crippen molar-refractivity contribution in [1.29, 1.82) is 0 Å². The molecule has 0 aliphatic rings. The van der Waals surface area contributed by atoms with Gasteiger partial charge in [0.25, 0.3) is 0 Å². The summed E-state index contributed by atoms with van der Waals surface area (Å²) in [6.07, 6.45) is 55.9. The zero-order valence-electron chi connectivity index (χ0n) is 45.6. The third kappa shape index (κ3) is 53.4.